The number of nitrogens with zero attached hydrogens (tertiary/aromatic N) is 1. The zero-order chi connectivity index (χ0) is 12.5. The minimum absolute atomic E-state index is 0.697. The third-order valence-electron chi connectivity index (χ3n) is 3.23. The molecular formula is C16H15NO. The van der Waals surface area contributed by atoms with E-state index in [1.165, 1.54) is 5.57 Å². The molecular weight excluding hydrogens is 222 g/mol. The van der Waals surface area contributed by atoms with E-state index in [2.05, 4.69) is 31.0 Å². The molecule has 0 fully saturated rings. The van der Waals surface area contributed by atoms with Gasteiger partial charge in [-0.3, -0.25) is 0 Å². The highest BCUT2D eigenvalue weighted by Gasteiger charge is 2.18. The Morgan fingerprint density at radius 2 is 1.72 bits per heavy atom. The fourth-order valence-corrected chi connectivity index (χ4v) is 2.16. The van der Waals surface area contributed by atoms with Crippen LogP contribution in [0.25, 0.3) is 22.6 Å². The second-order valence-electron chi connectivity index (χ2n) is 4.57. The summed E-state index contributed by atoms with van der Waals surface area (Å²) in [6, 6.07) is 10.0. The summed E-state index contributed by atoms with van der Waals surface area (Å²) >= 11 is 0. The molecule has 1 aliphatic rings. The molecule has 1 aliphatic carbocycles. The van der Waals surface area contributed by atoms with E-state index in [1.807, 2.05) is 30.3 Å². The van der Waals surface area contributed by atoms with Gasteiger partial charge in [-0.1, -0.05) is 30.4 Å². The van der Waals surface area contributed by atoms with Gasteiger partial charge in [0.05, 0.1) is 0 Å². The van der Waals surface area contributed by atoms with Gasteiger partial charge in [0.1, 0.15) is 5.69 Å². The van der Waals surface area contributed by atoms with Crippen molar-refractivity contribution >= 4 is 11.1 Å². The Bertz CT molecular complexity index is 597. The Labute approximate surface area is 107 Å². The normalized spacial score (nSPS) is 14.6. The lowest BCUT2D eigenvalue weighted by Crippen LogP contribution is -1.84. The van der Waals surface area contributed by atoms with Crippen molar-refractivity contribution in [3.8, 4) is 11.5 Å². The summed E-state index contributed by atoms with van der Waals surface area (Å²) in [7, 11) is 0. The molecule has 2 aromatic rings. The van der Waals surface area contributed by atoms with Crippen LogP contribution in [-0.4, -0.2) is 4.98 Å². The molecule has 0 bridgehead atoms. The molecule has 0 amide bonds. The van der Waals surface area contributed by atoms with Crippen LogP contribution in [0, 0.1) is 0 Å². The van der Waals surface area contributed by atoms with Crippen molar-refractivity contribution in [1.29, 1.82) is 0 Å². The number of allylic oxidation sites excluding steroid dienone is 4. The lowest BCUT2D eigenvalue weighted by molar-refractivity contribution is 0.560. The standard InChI is InChI=1S/C16H15NO/c1-11-7-6-8-12(2)15-14(11)17-16(18-15)13-9-4-3-5-10-13/h3-5,7-10H,6H2,1-2H3. The van der Waals surface area contributed by atoms with Crippen LogP contribution >= 0.6 is 0 Å². The number of benzene rings is 1. The molecule has 1 aromatic heterocycles. The number of hydrogen-bond acceptors (Lipinski definition) is 2. The molecule has 0 aliphatic heterocycles. The largest absolute Gasteiger partial charge is 0.436 e. The summed E-state index contributed by atoms with van der Waals surface area (Å²) in [6.07, 6.45) is 5.31. The van der Waals surface area contributed by atoms with Crippen LogP contribution in [-0.2, 0) is 0 Å². The summed E-state index contributed by atoms with van der Waals surface area (Å²) < 4.78 is 5.93. The topological polar surface area (TPSA) is 26.0 Å². The second kappa shape index (κ2) is 4.30. The van der Waals surface area contributed by atoms with Crippen molar-refractivity contribution in [3.05, 3.63) is 53.9 Å². The van der Waals surface area contributed by atoms with E-state index in [4.69, 9.17) is 4.42 Å². The molecule has 1 heterocycles. The van der Waals surface area contributed by atoms with Crippen molar-refractivity contribution in [3.63, 3.8) is 0 Å². The third kappa shape index (κ3) is 1.80. The number of fused-ring (bicyclic) bond motifs is 1. The zero-order valence-electron chi connectivity index (χ0n) is 10.6. The van der Waals surface area contributed by atoms with Crippen LogP contribution in [0.15, 0.2) is 46.9 Å². The van der Waals surface area contributed by atoms with Gasteiger partial charge in [-0.05, 0) is 43.5 Å². The Hall–Kier alpha value is -2.09. The highest BCUT2D eigenvalue weighted by Crippen LogP contribution is 2.32. The fraction of sp³-hybridized carbons (Fsp3) is 0.188. The van der Waals surface area contributed by atoms with Gasteiger partial charge in [0, 0.05) is 5.56 Å². The maximum atomic E-state index is 5.93. The number of hydrogen-bond donors (Lipinski definition) is 0. The minimum Gasteiger partial charge on any atom is -0.436 e. The first kappa shape index (κ1) is 11.0. The summed E-state index contributed by atoms with van der Waals surface area (Å²) in [5.74, 6) is 1.60. The van der Waals surface area contributed by atoms with E-state index in [0.717, 1.165) is 29.0 Å². The highest BCUT2D eigenvalue weighted by molar-refractivity contribution is 5.77. The number of aromatic nitrogens is 1. The van der Waals surface area contributed by atoms with E-state index in [9.17, 15) is 0 Å². The molecule has 3 rings (SSSR count). The lowest BCUT2D eigenvalue weighted by Gasteiger charge is -1.96. The highest BCUT2D eigenvalue weighted by atomic mass is 16.4. The lowest BCUT2D eigenvalue weighted by atomic mass is 10.1. The SMILES string of the molecule is CC1=CCC=C(C)c2oc(-c3ccccc3)nc21. The van der Waals surface area contributed by atoms with Gasteiger partial charge in [0.15, 0.2) is 5.76 Å². The summed E-state index contributed by atoms with van der Waals surface area (Å²) in [5, 5.41) is 0. The van der Waals surface area contributed by atoms with Gasteiger partial charge < -0.3 is 4.42 Å². The van der Waals surface area contributed by atoms with Crippen molar-refractivity contribution in [1.82, 2.24) is 4.98 Å². The molecule has 0 saturated heterocycles. The maximum absolute atomic E-state index is 5.93. The van der Waals surface area contributed by atoms with Crippen molar-refractivity contribution < 1.29 is 4.42 Å². The minimum atomic E-state index is 0.697. The predicted molar refractivity (Wildman–Crippen MR) is 73.9 cm³/mol. The average molecular weight is 237 g/mol. The molecule has 0 atom stereocenters. The van der Waals surface area contributed by atoms with E-state index in [0.29, 0.717) is 5.89 Å². The second-order valence-corrected chi connectivity index (χ2v) is 4.57. The fourth-order valence-electron chi connectivity index (χ4n) is 2.16. The predicted octanol–water partition coefficient (Wildman–Crippen LogP) is 4.55. The van der Waals surface area contributed by atoms with Gasteiger partial charge in [-0.25, -0.2) is 4.98 Å². The van der Waals surface area contributed by atoms with E-state index < -0.39 is 0 Å². The molecule has 0 saturated carbocycles. The van der Waals surface area contributed by atoms with Crippen LogP contribution in [0.2, 0.25) is 0 Å². The van der Waals surface area contributed by atoms with E-state index in [-0.39, 0.29) is 0 Å². The smallest absolute Gasteiger partial charge is 0.227 e. The monoisotopic (exact) mass is 237 g/mol. The van der Waals surface area contributed by atoms with E-state index >= 15 is 0 Å². The molecule has 1 aromatic carbocycles. The van der Waals surface area contributed by atoms with Crippen LogP contribution in [0.3, 0.4) is 0 Å². The number of rotatable bonds is 1. The first-order valence-corrected chi connectivity index (χ1v) is 6.16. The zero-order valence-corrected chi connectivity index (χ0v) is 10.6. The van der Waals surface area contributed by atoms with Crippen molar-refractivity contribution in [2.24, 2.45) is 0 Å². The van der Waals surface area contributed by atoms with E-state index in [1.54, 1.807) is 0 Å². The van der Waals surface area contributed by atoms with Crippen LogP contribution in [0.5, 0.6) is 0 Å². The van der Waals surface area contributed by atoms with Gasteiger partial charge >= 0.3 is 0 Å². The summed E-state index contributed by atoms with van der Waals surface area (Å²) in [5.41, 5.74) is 4.34. The molecule has 0 radical (unpaired) electrons. The third-order valence-corrected chi connectivity index (χ3v) is 3.23. The van der Waals surface area contributed by atoms with Crippen molar-refractivity contribution in [2.75, 3.05) is 0 Å². The molecule has 0 N–H and O–H groups in total. The van der Waals surface area contributed by atoms with Gasteiger partial charge in [-0.15, -0.1) is 0 Å². The Morgan fingerprint density at radius 1 is 1.00 bits per heavy atom. The summed E-state index contributed by atoms with van der Waals surface area (Å²) in [4.78, 5) is 4.64. The molecule has 18 heavy (non-hydrogen) atoms. The quantitative estimate of drug-likeness (QED) is 0.727. The molecule has 0 unspecified atom stereocenters. The molecule has 2 heteroatoms. The Balaban J connectivity index is 2.15. The van der Waals surface area contributed by atoms with Crippen molar-refractivity contribution in [2.45, 2.75) is 20.3 Å². The summed E-state index contributed by atoms with van der Waals surface area (Å²) in [6.45, 7) is 4.16. The van der Waals surface area contributed by atoms with Crippen LogP contribution in [0.4, 0.5) is 0 Å². The first-order chi connectivity index (χ1) is 8.75. The molecule has 0 spiro atoms. The Morgan fingerprint density at radius 3 is 2.50 bits per heavy atom. The van der Waals surface area contributed by atoms with Gasteiger partial charge in [-0.2, -0.15) is 0 Å². The molecule has 2 nitrogen and oxygen atoms in total. The maximum Gasteiger partial charge on any atom is 0.227 e. The average Bonchev–Trinajstić information content (AvgIpc) is 2.80. The molecule has 90 valence electrons. The van der Waals surface area contributed by atoms with Crippen LogP contribution < -0.4 is 0 Å². The van der Waals surface area contributed by atoms with Crippen LogP contribution in [0.1, 0.15) is 31.7 Å². The van der Waals surface area contributed by atoms with Gasteiger partial charge in [0.25, 0.3) is 0 Å². The first-order valence-electron chi connectivity index (χ1n) is 6.16. The Kier molecular flexibility index (Phi) is 2.63. The number of oxazole rings is 1. The van der Waals surface area contributed by atoms with Gasteiger partial charge in [0.2, 0.25) is 5.89 Å².